The first-order chi connectivity index (χ1) is 10.5. The molecule has 2 saturated heterocycles. The molecule has 0 bridgehead atoms. The molecule has 1 aromatic rings. The fraction of sp³-hybridized carbons (Fsp3) is 0.429. The first kappa shape index (κ1) is 15.5. The summed E-state index contributed by atoms with van der Waals surface area (Å²) in [4.78, 5) is 11.8. The molecule has 22 heavy (non-hydrogen) atoms. The minimum absolute atomic E-state index is 0.00984. The third kappa shape index (κ3) is 2.33. The monoisotopic (exact) mass is 383 g/mol. The summed E-state index contributed by atoms with van der Waals surface area (Å²) >= 11 is 3.22. The molecular weight excluding hydrogens is 370 g/mol. The van der Waals surface area contributed by atoms with E-state index in [9.17, 15) is 18.5 Å². The van der Waals surface area contributed by atoms with Gasteiger partial charge < -0.3 is 5.32 Å². The number of amides is 1. The first-order valence-corrected chi connectivity index (χ1v) is 9.18. The van der Waals surface area contributed by atoms with Crippen molar-refractivity contribution in [1.82, 2.24) is 9.62 Å². The van der Waals surface area contributed by atoms with E-state index in [-0.39, 0.29) is 28.3 Å². The molecule has 0 spiro atoms. The lowest BCUT2D eigenvalue weighted by molar-refractivity contribution is -0.123. The topological polar surface area (TPSA) is 90.3 Å². The van der Waals surface area contributed by atoms with Crippen LogP contribution in [0.15, 0.2) is 27.6 Å². The average molecular weight is 384 g/mol. The van der Waals surface area contributed by atoms with Crippen molar-refractivity contribution in [1.29, 1.82) is 5.26 Å². The Balaban J connectivity index is 2.06. The van der Waals surface area contributed by atoms with Crippen LogP contribution in [0.25, 0.3) is 0 Å². The van der Waals surface area contributed by atoms with E-state index in [0.717, 1.165) is 0 Å². The molecule has 6 nitrogen and oxygen atoms in total. The van der Waals surface area contributed by atoms with E-state index in [1.54, 1.807) is 12.1 Å². The van der Waals surface area contributed by atoms with Gasteiger partial charge in [-0.2, -0.15) is 9.57 Å². The van der Waals surface area contributed by atoms with Crippen molar-refractivity contribution in [2.24, 2.45) is 5.92 Å². The molecule has 0 radical (unpaired) electrons. The molecule has 0 aliphatic carbocycles. The molecule has 2 aliphatic heterocycles. The molecule has 116 valence electrons. The van der Waals surface area contributed by atoms with Gasteiger partial charge in [0.2, 0.25) is 15.9 Å². The minimum Gasteiger partial charge on any atom is -0.354 e. The van der Waals surface area contributed by atoms with Gasteiger partial charge in [0.25, 0.3) is 0 Å². The van der Waals surface area contributed by atoms with Gasteiger partial charge >= 0.3 is 0 Å². The van der Waals surface area contributed by atoms with E-state index in [1.165, 1.54) is 10.4 Å². The maximum atomic E-state index is 13.0. The van der Waals surface area contributed by atoms with Crippen LogP contribution in [-0.2, 0) is 14.8 Å². The molecule has 2 aliphatic rings. The highest BCUT2D eigenvalue weighted by Crippen LogP contribution is 2.34. The quantitative estimate of drug-likeness (QED) is 0.830. The Kier molecular flexibility index (Phi) is 3.97. The van der Waals surface area contributed by atoms with E-state index < -0.39 is 10.0 Å². The number of carbonyl (C=O) groups excluding carboxylic acids is 1. The van der Waals surface area contributed by atoms with E-state index >= 15 is 0 Å². The van der Waals surface area contributed by atoms with Crippen LogP contribution in [-0.4, -0.2) is 37.8 Å². The van der Waals surface area contributed by atoms with E-state index in [4.69, 9.17) is 0 Å². The molecule has 0 unspecified atom stereocenters. The highest BCUT2D eigenvalue weighted by Gasteiger charge is 2.46. The molecule has 1 amide bonds. The lowest BCUT2D eigenvalue weighted by atomic mass is 9.93. The molecule has 2 fully saturated rings. The number of benzene rings is 1. The summed E-state index contributed by atoms with van der Waals surface area (Å²) in [5, 5.41) is 12.0. The van der Waals surface area contributed by atoms with Crippen molar-refractivity contribution in [3.05, 3.63) is 28.2 Å². The average Bonchev–Trinajstić information content (AvgIpc) is 2.88. The van der Waals surface area contributed by atoms with Gasteiger partial charge in [0.05, 0.1) is 17.5 Å². The predicted octanol–water partition coefficient (Wildman–Crippen LogP) is 1.22. The lowest BCUT2D eigenvalue weighted by Crippen LogP contribution is -2.48. The smallest absolute Gasteiger partial charge is 0.244 e. The summed E-state index contributed by atoms with van der Waals surface area (Å²) < 4.78 is 27.8. The summed E-state index contributed by atoms with van der Waals surface area (Å²) in [7, 11) is -3.82. The Labute approximate surface area is 137 Å². The lowest BCUT2D eigenvalue weighted by Gasteiger charge is -2.34. The van der Waals surface area contributed by atoms with Crippen LogP contribution in [0.5, 0.6) is 0 Å². The van der Waals surface area contributed by atoms with Crippen molar-refractivity contribution < 1.29 is 13.2 Å². The van der Waals surface area contributed by atoms with Crippen LogP contribution in [0, 0.1) is 17.2 Å². The number of nitrogens with zero attached hydrogens (tertiary/aromatic N) is 2. The van der Waals surface area contributed by atoms with E-state index in [1.807, 2.05) is 6.07 Å². The summed E-state index contributed by atoms with van der Waals surface area (Å²) in [6, 6.07) is 6.25. The fourth-order valence-corrected chi connectivity index (χ4v) is 5.61. The van der Waals surface area contributed by atoms with Crippen LogP contribution in [0.3, 0.4) is 0 Å². The van der Waals surface area contributed by atoms with Crippen LogP contribution >= 0.6 is 15.9 Å². The third-order valence-electron chi connectivity index (χ3n) is 4.22. The summed E-state index contributed by atoms with van der Waals surface area (Å²) in [6.45, 7) is 0.703. The largest absolute Gasteiger partial charge is 0.354 e. The summed E-state index contributed by atoms with van der Waals surface area (Å²) in [6.07, 6.45) is 1.34. The molecule has 2 heterocycles. The van der Waals surface area contributed by atoms with Crippen molar-refractivity contribution >= 4 is 31.9 Å². The second kappa shape index (κ2) is 5.65. The standard InChI is InChI=1S/C14H14BrN3O3S/c15-11-4-1-5-13(10(11)7-16)22(20,21)18-6-2-3-9-12(18)8-17-14(9)19/h1,4-5,9,12H,2-3,6,8H2,(H,17,19)/t9-,12-/m1/s1. The summed E-state index contributed by atoms with van der Waals surface area (Å²) in [5.74, 6) is -0.374. The van der Waals surface area contributed by atoms with Crippen molar-refractivity contribution in [2.45, 2.75) is 23.8 Å². The molecule has 0 saturated carbocycles. The third-order valence-corrected chi connectivity index (χ3v) is 6.85. The summed E-state index contributed by atoms with van der Waals surface area (Å²) in [5.41, 5.74) is 0.0990. The van der Waals surface area contributed by atoms with Gasteiger partial charge in [-0.15, -0.1) is 0 Å². The number of halogens is 1. The Morgan fingerprint density at radius 3 is 2.91 bits per heavy atom. The van der Waals surface area contributed by atoms with Gasteiger partial charge in [0.15, 0.2) is 0 Å². The first-order valence-electron chi connectivity index (χ1n) is 6.95. The number of sulfonamides is 1. The number of carbonyl (C=O) groups is 1. The maximum Gasteiger partial charge on any atom is 0.244 e. The highest BCUT2D eigenvalue weighted by molar-refractivity contribution is 9.10. The zero-order valence-electron chi connectivity index (χ0n) is 11.6. The van der Waals surface area contributed by atoms with Gasteiger partial charge in [-0.1, -0.05) is 6.07 Å². The zero-order chi connectivity index (χ0) is 15.9. The molecular formula is C14H14BrN3O3S. The Morgan fingerprint density at radius 1 is 1.41 bits per heavy atom. The van der Waals surface area contributed by atoms with Crippen molar-refractivity contribution in [3.8, 4) is 6.07 Å². The van der Waals surface area contributed by atoms with Gasteiger partial charge in [0.1, 0.15) is 11.0 Å². The highest BCUT2D eigenvalue weighted by atomic mass is 79.9. The Morgan fingerprint density at radius 2 is 2.18 bits per heavy atom. The van der Waals surface area contributed by atoms with Crippen LogP contribution in [0.1, 0.15) is 18.4 Å². The Hall–Kier alpha value is -1.43. The zero-order valence-corrected chi connectivity index (χ0v) is 14.0. The van der Waals surface area contributed by atoms with Gasteiger partial charge in [0, 0.05) is 17.6 Å². The van der Waals surface area contributed by atoms with Crippen LogP contribution in [0.4, 0.5) is 0 Å². The van der Waals surface area contributed by atoms with Crippen LogP contribution in [0.2, 0.25) is 0 Å². The van der Waals surface area contributed by atoms with E-state index in [0.29, 0.717) is 30.4 Å². The molecule has 0 aromatic heterocycles. The number of piperidine rings is 1. The Bertz CT molecular complexity index is 772. The number of hydrogen-bond acceptors (Lipinski definition) is 4. The minimum atomic E-state index is -3.82. The number of rotatable bonds is 2. The molecule has 1 aromatic carbocycles. The second-order valence-electron chi connectivity index (χ2n) is 5.40. The molecule has 2 atom stereocenters. The molecule has 1 N–H and O–H groups in total. The predicted molar refractivity (Wildman–Crippen MR) is 82.3 cm³/mol. The number of fused-ring (bicyclic) bond motifs is 1. The van der Waals surface area contributed by atoms with Crippen LogP contribution < -0.4 is 5.32 Å². The number of nitrogens with one attached hydrogen (secondary N) is 1. The van der Waals surface area contributed by atoms with Crippen molar-refractivity contribution in [2.75, 3.05) is 13.1 Å². The fourth-order valence-electron chi connectivity index (χ4n) is 3.16. The number of nitriles is 1. The normalized spacial score (nSPS) is 25.4. The van der Waals surface area contributed by atoms with Crippen molar-refractivity contribution in [3.63, 3.8) is 0 Å². The van der Waals surface area contributed by atoms with Gasteiger partial charge in [-0.05, 0) is 40.9 Å². The SMILES string of the molecule is N#Cc1c(Br)cccc1S(=O)(=O)N1CCC[C@H]2C(=O)NC[C@H]21. The molecule has 3 rings (SSSR count). The number of hydrogen-bond donors (Lipinski definition) is 1. The molecule has 8 heteroatoms. The second-order valence-corrected chi connectivity index (χ2v) is 8.12. The van der Waals surface area contributed by atoms with Gasteiger partial charge in [-0.25, -0.2) is 8.42 Å². The maximum absolute atomic E-state index is 13.0. The van der Waals surface area contributed by atoms with Gasteiger partial charge in [-0.3, -0.25) is 4.79 Å². The van der Waals surface area contributed by atoms with E-state index in [2.05, 4.69) is 21.2 Å².